The lowest BCUT2D eigenvalue weighted by atomic mass is 9.80. The van der Waals surface area contributed by atoms with Crippen molar-refractivity contribution in [3.63, 3.8) is 0 Å². The molecule has 118 valence electrons. The number of allylic oxidation sites excluding steroid dienone is 4. The summed E-state index contributed by atoms with van der Waals surface area (Å²) in [5.74, 6) is 4.76. The second-order valence-corrected chi connectivity index (χ2v) is 12.5. The predicted octanol–water partition coefficient (Wildman–Crippen LogP) is 4.38. The lowest BCUT2D eigenvalue weighted by Gasteiger charge is -2.25. The van der Waals surface area contributed by atoms with Gasteiger partial charge in [-0.2, -0.15) is 0 Å². The molecule has 0 saturated heterocycles. The first kappa shape index (κ1) is 16.8. The molecule has 1 heterocycles. The Hall–Kier alpha value is -1.53. The molecule has 2 rings (SSSR count). The van der Waals surface area contributed by atoms with E-state index in [1.54, 1.807) is 0 Å². The van der Waals surface area contributed by atoms with E-state index in [4.69, 9.17) is 9.73 Å². The Bertz CT molecular complexity index is 593. The van der Waals surface area contributed by atoms with E-state index in [2.05, 4.69) is 69.8 Å². The van der Waals surface area contributed by atoms with E-state index in [0.717, 1.165) is 17.9 Å². The molecule has 0 aromatic carbocycles. The van der Waals surface area contributed by atoms with E-state index < -0.39 is 8.07 Å². The summed E-state index contributed by atoms with van der Waals surface area (Å²) in [7, 11) is -1.31. The highest BCUT2D eigenvalue weighted by molar-refractivity contribution is 6.83. The van der Waals surface area contributed by atoms with Crippen molar-refractivity contribution in [1.29, 1.82) is 0 Å². The molecule has 0 aromatic rings. The van der Waals surface area contributed by atoms with E-state index in [-0.39, 0.29) is 11.5 Å². The Balaban J connectivity index is 2.17. The van der Waals surface area contributed by atoms with E-state index in [9.17, 15) is 0 Å². The van der Waals surface area contributed by atoms with Gasteiger partial charge in [0.1, 0.15) is 14.7 Å². The van der Waals surface area contributed by atoms with Gasteiger partial charge in [-0.05, 0) is 19.8 Å². The van der Waals surface area contributed by atoms with E-state index in [1.807, 2.05) is 6.08 Å². The third-order valence-electron chi connectivity index (χ3n) is 3.72. The van der Waals surface area contributed by atoms with Gasteiger partial charge >= 0.3 is 0 Å². The largest absolute Gasteiger partial charge is 0.475 e. The standard InChI is InChI=1S/C19H27NOSi/c1-7-16-15(11-9-13-22(4,5)6)10-8-12-17(16)18-20-19(2,3)14-21-18/h7-8,10,12,15-16H,1,11,14H2,2-6H3/t15-,16-/m0/s1. The fourth-order valence-corrected chi connectivity index (χ4v) is 3.27. The van der Waals surface area contributed by atoms with Crippen LogP contribution in [0.15, 0.2) is 41.4 Å². The summed E-state index contributed by atoms with van der Waals surface area (Å²) in [6.07, 6.45) is 9.32. The van der Waals surface area contributed by atoms with Gasteiger partial charge in [-0.1, -0.05) is 43.9 Å². The van der Waals surface area contributed by atoms with Gasteiger partial charge in [0.05, 0.1) is 5.54 Å². The summed E-state index contributed by atoms with van der Waals surface area (Å²) >= 11 is 0. The normalized spacial score (nSPS) is 26.4. The quantitative estimate of drug-likeness (QED) is 0.430. The van der Waals surface area contributed by atoms with E-state index >= 15 is 0 Å². The highest BCUT2D eigenvalue weighted by Gasteiger charge is 2.33. The summed E-state index contributed by atoms with van der Waals surface area (Å²) < 4.78 is 5.82. The monoisotopic (exact) mass is 313 g/mol. The Kier molecular flexibility index (Phi) is 4.82. The molecule has 2 atom stereocenters. The number of aliphatic imine (C=N–C) groups is 1. The molecule has 0 spiro atoms. The van der Waals surface area contributed by atoms with Gasteiger partial charge < -0.3 is 4.74 Å². The van der Waals surface area contributed by atoms with Gasteiger partial charge in [0, 0.05) is 17.9 Å². The average molecular weight is 314 g/mol. The highest BCUT2D eigenvalue weighted by atomic mass is 28.3. The molecule has 0 unspecified atom stereocenters. The van der Waals surface area contributed by atoms with Crippen LogP contribution in [-0.2, 0) is 4.74 Å². The molecule has 22 heavy (non-hydrogen) atoms. The minimum atomic E-state index is -1.31. The van der Waals surface area contributed by atoms with Crippen molar-refractivity contribution in [2.24, 2.45) is 16.8 Å². The molecule has 0 aromatic heterocycles. The summed E-state index contributed by atoms with van der Waals surface area (Å²) in [6, 6.07) is 0. The van der Waals surface area contributed by atoms with Crippen LogP contribution in [0.4, 0.5) is 0 Å². The van der Waals surface area contributed by atoms with Crippen LogP contribution in [-0.4, -0.2) is 26.1 Å². The number of ether oxygens (including phenoxy) is 1. The average Bonchev–Trinajstić information content (AvgIpc) is 2.77. The second kappa shape index (κ2) is 6.30. The molecule has 0 N–H and O–H groups in total. The molecule has 0 saturated carbocycles. The maximum absolute atomic E-state index is 5.82. The Morgan fingerprint density at radius 1 is 1.45 bits per heavy atom. The maximum atomic E-state index is 5.82. The first-order valence-corrected chi connectivity index (χ1v) is 11.5. The molecule has 0 radical (unpaired) electrons. The van der Waals surface area contributed by atoms with Crippen LogP contribution in [0.3, 0.4) is 0 Å². The fourth-order valence-electron chi connectivity index (χ4n) is 2.64. The van der Waals surface area contributed by atoms with Crippen molar-refractivity contribution in [1.82, 2.24) is 0 Å². The third-order valence-corrected chi connectivity index (χ3v) is 4.65. The molecule has 0 bridgehead atoms. The van der Waals surface area contributed by atoms with Gasteiger partial charge in [0.2, 0.25) is 5.90 Å². The van der Waals surface area contributed by atoms with E-state index in [1.165, 1.54) is 0 Å². The third kappa shape index (κ3) is 4.24. The van der Waals surface area contributed by atoms with Gasteiger partial charge in [-0.25, -0.2) is 4.99 Å². The van der Waals surface area contributed by atoms with Crippen LogP contribution in [0.5, 0.6) is 0 Å². The van der Waals surface area contributed by atoms with Crippen molar-refractivity contribution >= 4 is 14.0 Å². The summed E-state index contributed by atoms with van der Waals surface area (Å²) in [5.41, 5.74) is 4.46. The fraction of sp³-hybridized carbons (Fsp3) is 0.526. The Labute approximate surface area is 136 Å². The minimum Gasteiger partial charge on any atom is -0.475 e. The van der Waals surface area contributed by atoms with Crippen LogP contribution < -0.4 is 0 Å². The Morgan fingerprint density at radius 2 is 2.18 bits per heavy atom. The van der Waals surface area contributed by atoms with Gasteiger partial charge in [-0.3, -0.25) is 0 Å². The lowest BCUT2D eigenvalue weighted by molar-refractivity contribution is 0.277. The van der Waals surface area contributed by atoms with Crippen molar-refractivity contribution < 1.29 is 4.74 Å². The molecule has 3 heteroatoms. The topological polar surface area (TPSA) is 21.6 Å². The first-order valence-electron chi connectivity index (χ1n) is 7.96. The zero-order chi connectivity index (χ0) is 16.4. The lowest BCUT2D eigenvalue weighted by Crippen LogP contribution is -2.21. The van der Waals surface area contributed by atoms with Crippen LogP contribution >= 0.6 is 0 Å². The van der Waals surface area contributed by atoms with Crippen molar-refractivity contribution in [2.45, 2.75) is 45.4 Å². The molecule has 2 nitrogen and oxygen atoms in total. The zero-order valence-electron chi connectivity index (χ0n) is 14.4. The summed E-state index contributed by atoms with van der Waals surface area (Å²) in [6.45, 7) is 15.7. The van der Waals surface area contributed by atoms with Crippen LogP contribution in [0.25, 0.3) is 0 Å². The molecule has 0 fully saturated rings. The summed E-state index contributed by atoms with van der Waals surface area (Å²) in [4.78, 5) is 4.71. The SMILES string of the molecule is C=C[C@@H]1C(C2=NC(C)(C)CO2)=CC=C[C@H]1CC#C[Si](C)(C)C. The molecular weight excluding hydrogens is 286 g/mol. The van der Waals surface area contributed by atoms with Gasteiger partial charge in [-0.15, -0.1) is 18.0 Å². The van der Waals surface area contributed by atoms with Gasteiger partial charge in [0.25, 0.3) is 0 Å². The smallest absolute Gasteiger partial charge is 0.213 e. The van der Waals surface area contributed by atoms with Crippen molar-refractivity contribution in [3.05, 3.63) is 36.5 Å². The van der Waals surface area contributed by atoms with Crippen molar-refractivity contribution in [2.75, 3.05) is 6.61 Å². The molecule has 1 aliphatic carbocycles. The molecular formula is C19H27NOSi. The van der Waals surface area contributed by atoms with Crippen LogP contribution in [0.1, 0.15) is 20.3 Å². The number of rotatable bonds is 3. The zero-order valence-corrected chi connectivity index (χ0v) is 15.4. The number of hydrogen-bond acceptors (Lipinski definition) is 2. The van der Waals surface area contributed by atoms with E-state index in [0.29, 0.717) is 12.5 Å². The molecule has 0 amide bonds. The number of nitrogens with zero attached hydrogens (tertiary/aromatic N) is 1. The van der Waals surface area contributed by atoms with Gasteiger partial charge in [0.15, 0.2) is 0 Å². The molecule has 1 aliphatic heterocycles. The van der Waals surface area contributed by atoms with Crippen molar-refractivity contribution in [3.8, 4) is 11.5 Å². The van der Waals surface area contributed by atoms with Crippen LogP contribution in [0, 0.1) is 23.3 Å². The minimum absolute atomic E-state index is 0.129. The highest BCUT2D eigenvalue weighted by Crippen LogP contribution is 2.33. The maximum Gasteiger partial charge on any atom is 0.213 e. The number of hydrogen-bond donors (Lipinski definition) is 0. The summed E-state index contributed by atoms with van der Waals surface area (Å²) in [5, 5.41) is 0. The Morgan fingerprint density at radius 3 is 2.73 bits per heavy atom. The predicted molar refractivity (Wildman–Crippen MR) is 97.6 cm³/mol. The first-order chi connectivity index (χ1) is 10.2. The molecule has 2 aliphatic rings. The second-order valence-electron chi connectivity index (χ2n) is 7.71. The van der Waals surface area contributed by atoms with Crippen LogP contribution in [0.2, 0.25) is 19.6 Å².